The molecule has 0 aliphatic carbocycles. The van der Waals surface area contributed by atoms with Crippen LogP contribution < -0.4 is 10.2 Å². The number of tetrazole rings is 1. The van der Waals surface area contributed by atoms with Gasteiger partial charge in [-0.25, -0.2) is 0 Å². The number of para-hydroxylation sites is 2. The summed E-state index contributed by atoms with van der Waals surface area (Å²) < 4.78 is 0. The number of nitrogens with one attached hydrogen (secondary N) is 1. The molecule has 1 aliphatic heterocycles. The van der Waals surface area contributed by atoms with Crippen LogP contribution in [0.5, 0.6) is 0 Å². The molecular weight excluding hydrogens is 368 g/mol. The number of aryl methyl sites for hydroxylation is 1. The number of anilines is 2. The van der Waals surface area contributed by atoms with E-state index in [9.17, 15) is 9.59 Å². The Morgan fingerprint density at radius 1 is 1.17 bits per heavy atom. The van der Waals surface area contributed by atoms with Gasteiger partial charge >= 0.3 is 0 Å². The molecule has 1 N–H and O–H groups in total. The zero-order chi connectivity index (χ0) is 20.4. The first-order chi connectivity index (χ1) is 14.0. The maximum Gasteiger partial charge on any atom is 0.250 e. The maximum atomic E-state index is 13.1. The molecule has 0 unspecified atom stereocenters. The molecular formula is C21H22N6O2. The van der Waals surface area contributed by atoms with E-state index in [1.54, 1.807) is 11.0 Å². The molecule has 8 nitrogen and oxygen atoms in total. The zero-order valence-electron chi connectivity index (χ0n) is 16.4. The van der Waals surface area contributed by atoms with E-state index in [0.29, 0.717) is 17.2 Å². The standard InChI is InChI=1S/C21H22N6O2/c1-3-15-8-10-16(11-9-15)21-23-25-26(24-21)13-20(29)27-14(2)12-19(28)22-17-6-4-5-7-18(17)27/h4-11,14H,3,12-13H2,1-2H3,(H,22,28)/t14-/m1/s1. The molecule has 29 heavy (non-hydrogen) atoms. The summed E-state index contributed by atoms with van der Waals surface area (Å²) in [6, 6.07) is 15.0. The minimum atomic E-state index is -0.282. The number of rotatable bonds is 4. The molecule has 0 bridgehead atoms. The summed E-state index contributed by atoms with van der Waals surface area (Å²) in [6.45, 7) is 3.89. The molecule has 2 aromatic carbocycles. The van der Waals surface area contributed by atoms with E-state index in [2.05, 4.69) is 27.7 Å². The summed E-state index contributed by atoms with van der Waals surface area (Å²) in [5.74, 6) is 0.158. The highest BCUT2D eigenvalue weighted by molar-refractivity contribution is 6.04. The molecule has 0 saturated carbocycles. The van der Waals surface area contributed by atoms with Crippen LogP contribution in [-0.4, -0.2) is 38.1 Å². The molecule has 2 amide bonds. The Hall–Kier alpha value is -3.55. The third-order valence-corrected chi connectivity index (χ3v) is 4.98. The van der Waals surface area contributed by atoms with E-state index < -0.39 is 0 Å². The number of hydrogen-bond donors (Lipinski definition) is 1. The van der Waals surface area contributed by atoms with E-state index in [4.69, 9.17) is 0 Å². The summed E-state index contributed by atoms with van der Waals surface area (Å²) in [6.07, 6.45) is 1.18. The van der Waals surface area contributed by atoms with Crippen molar-refractivity contribution in [2.75, 3.05) is 10.2 Å². The van der Waals surface area contributed by atoms with E-state index in [1.807, 2.05) is 49.4 Å². The van der Waals surface area contributed by atoms with Crippen molar-refractivity contribution in [3.05, 3.63) is 54.1 Å². The van der Waals surface area contributed by atoms with E-state index in [-0.39, 0.29) is 30.8 Å². The second-order valence-electron chi connectivity index (χ2n) is 7.08. The van der Waals surface area contributed by atoms with Gasteiger partial charge in [0.25, 0.3) is 5.91 Å². The lowest BCUT2D eigenvalue weighted by Crippen LogP contribution is -2.41. The van der Waals surface area contributed by atoms with Gasteiger partial charge in [0.15, 0.2) is 0 Å². The van der Waals surface area contributed by atoms with Crippen molar-refractivity contribution in [1.29, 1.82) is 0 Å². The van der Waals surface area contributed by atoms with Crippen LogP contribution in [0.4, 0.5) is 11.4 Å². The molecule has 2 heterocycles. The van der Waals surface area contributed by atoms with Crippen LogP contribution in [0.15, 0.2) is 48.5 Å². The second kappa shape index (κ2) is 7.83. The summed E-state index contributed by atoms with van der Waals surface area (Å²) in [7, 11) is 0. The number of fused-ring (bicyclic) bond motifs is 1. The Morgan fingerprint density at radius 3 is 2.69 bits per heavy atom. The predicted octanol–water partition coefficient (Wildman–Crippen LogP) is 2.67. The SMILES string of the molecule is CCc1ccc(-c2nnn(CC(=O)N3c4ccccc4NC(=O)C[C@H]3C)n2)cc1. The number of amides is 2. The Labute approximate surface area is 168 Å². The molecule has 3 aromatic rings. The fourth-order valence-electron chi connectivity index (χ4n) is 3.48. The van der Waals surface area contributed by atoms with Crippen LogP contribution in [0.1, 0.15) is 25.8 Å². The average Bonchev–Trinajstić information content (AvgIpc) is 3.12. The third kappa shape index (κ3) is 3.87. The molecule has 1 aliphatic rings. The van der Waals surface area contributed by atoms with Crippen LogP contribution >= 0.6 is 0 Å². The molecule has 0 fully saturated rings. The highest BCUT2D eigenvalue weighted by Crippen LogP contribution is 2.31. The van der Waals surface area contributed by atoms with Crippen molar-refractivity contribution in [2.45, 2.75) is 39.3 Å². The quantitative estimate of drug-likeness (QED) is 0.739. The molecule has 0 radical (unpaired) electrons. The van der Waals surface area contributed by atoms with E-state index in [1.165, 1.54) is 10.4 Å². The lowest BCUT2D eigenvalue weighted by Gasteiger charge is -2.27. The molecule has 0 saturated heterocycles. The number of carbonyl (C=O) groups excluding carboxylic acids is 2. The van der Waals surface area contributed by atoms with Crippen LogP contribution in [-0.2, 0) is 22.6 Å². The smallest absolute Gasteiger partial charge is 0.250 e. The Kier molecular flexibility index (Phi) is 5.07. The lowest BCUT2D eigenvalue weighted by molar-refractivity contribution is -0.120. The minimum absolute atomic E-state index is 0.0626. The van der Waals surface area contributed by atoms with Crippen molar-refractivity contribution in [2.24, 2.45) is 0 Å². The van der Waals surface area contributed by atoms with Gasteiger partial charge < -0.3 is 10.2 Å². The number of benzene rings is 2. The lowest BCUT2D eigenvalue weighted by atomic mass is 10.1. The first-order valence-corrected chi connectivity index (χ1v) is 9.63. The summed E-state index contributed by atoms with van der Waals surface area (Å²) in [5.41, 5.74) is 3.38. The Bertz CT molecular complexity index is 1040. The first-order valence-electron chi connectivity index (χ1n) is 9.63. The van der Waals surface area contributed by atoms with Crippen molar-refractivity contribution in [3.8, 4) is 11.4 Å². The number of nitrogens with zero attached hydrogens (tertiary/aromatic N) is 5. The second-order valence-corrected chi connectivity index (χ2v) is 7.08. The van der Waals surface area contributed by atoms with Crippen molar-refractivity contribution < 1.29 is 9.59 Å². The van der Waals surface area contributed by atoms with Gasteiger partial charge in [0.2, 0.25) is 11.7 Å². The summed E-state index contributed by atoms with van der Waals surface area (Å²) in [5, 5.41) is 15.3. The summed E-state index contributed by atoms with van der Waals surface area (Å²) >= 11 is 0. The zero-order valence-corrected chi connectivity index (χ0v) is 16.4. The number of aromatic nitrogens is 4. The van der Waals surface area contributed by atoms with Gasteiger partial charge in [0, 0.05) is 18.0 Å². The van der Waals surface area contributed by atoms with Gasteiger partial charge in [-0.1, -0.05) is 43.3 Å². The Morgan fingerprint density at radius 2 is 1.93 bits per heavy atom. The van der Waals surface area contributed by atoms with Gasteiger partial charge in [-0.15, -0.1) is 10.2 Å². The van der Waals surface area contributed by atoms with Gasteiger partial charge in [0.1, 0.15) is 6.54 Å². The maximum absolute atomic E-state index is 13.1. The summed E-state index contributed by atoms with van der Waals surface area (Å²) in [4.78, 5) is 28.1. The van der Waals surface area contributed by atoms with Gasteiger partial charge in [-0.05, 0) is 36.3 Å². The van der Waals surface area contributed by atoms with Crippen LogP contribution in [0, 0.1) is 0 Å². The molecule has 1 aromatic heterocycles. The number of carbonyl (C=O) groups is 2. The molecule has 0 spiro atoms. The largest absolute Gasteiger partial charge is 0.324 e. The third-order valence-electron chi connectivity index (χ3n) is 4.98. The van der Waals surface area contributed by atoms with Crippen LogP contribution in [0.3, 0.4) is 0 Å². The number of hydrogen-bond acceptors (Lipinski definition) is 5. The van der Waals surface area contributed by atoms with Crippen molar-refractivity contribution in [1.82, 2.24) is 20.2 Å². The molecule has 148 valence electrons. The fraction of sp³-hybridized carbons (Fsp3) is 0.286. The van der Waals surface area contributed by atoms with Gasteiger partial charge in [-0.3, -0.25) is 9.59 Å². The highest BCUT2D eigenvalue weighted by Gasteiger charge is 2.30. The Balaban J connectivity index is 1.56. The van der Waals surface area contributed by atoms with Gasteiger partial charge in [-0.2, -0.15) is 4.80 Å². The molecule has 1 atom stereocenters. The topological polar surface area (TPSA) is 93.0 Å². The van der Waals surface area contributed by atoms with E-state index >= 15 is 0 Å². The minimum Gasteiger partial charge on any atom is -0.324 e. The van der Waals surface area contributed by atoms with Crippen molar-refractivity contribution >= 4 is 23.2 Å². The van der Waals surface area contributed by atoms with Crippen molar-refractivity contribution in [3.63, 3.8) is 0 Å². The van der Waals surface area contributed by atoms with Crippen LogP contribution in [0.25, 0.3) is 11.4 Å². The average molecular weight is 390 g/mol. The fourth-order valence-corrected chi connectivity index (χ4v) is 3.48. The van der Waals surface area contributed by atoms with E-state index in [0.717, 1.165) is 12.0 Å². The molecule has 4 rings (SSSR count). The molecule has 8 heteroatoms. The van der Waals surface area contributed by atoms with Crippen LogP contribution in [0.2, 0.25) is 0 Å². The monoisotopic (exact) mass is 390 g/mol. The first kappa shape index (κ1) is 18.8. The predicted molar refractivity (Wildman–Crippen MR) is 109 cm³/mol. The highest BCUT2D eigenvalue weighted by atomic mass is 16.2. The normalized spacial score (nSPS) is 16.1. The van der Waals surface area contributed by atoms with Gasteiger partial charge in [0.05, 0.1) is 11.4 Å².